The maximum Gasteiger partial charge on any atom is 0.345 e. The largest absolute Gasteiger partial charge is 0.452 e. The molecule has 0 saturated carbocycles. The van der Waals surface area contributed by atoms with Gasteiger partial charge in [-0.15, -0.1) is 0 Å². The Bertz CT molecular complexity index is 801. The quantitative estimate of drug-likeness (QED) is 0.517. The molecule has 1 N–H and O–H groups in total. The number of aryl methyl sites for hydroxylation is 2. The number of rotatable bonds is 5. The number of carbonyl (C=O) groups is 2. The molecule has 0 spiro atoms. The van der Waals surface area contributed by atoms with Crippen molar-refractivity contribution in [2.75, 3.05) is 11.9 Å². The Hall–Kier alpha value is -3.22. The topological polar surface area (TPSA) is 98.5 Å². The minimum absolute atomic E-state index is 0.193. The number of nitrogens with zero attached hydrogens (tertiary/aromatic N) is 1. The van der Waals surface area contributed by atoms with Gasteiger partial charge in [-0.1, -0.05) is 24.3 Å². The zero-order chi connectivity index (χ0) is 17.7. The first-order valence-corrected chi connectivity index (χ1v) is 7.16. The molecular weight excluding hydrogens is 312 g/mol. The molecule has 1 amide bonds. The van der Waals surface area contributed by atoms with Gasteiger partial charge in [-0.25, -0.2) is 4.79 Å². The Morgan fingerprint density at radius 2 is 1.88 bits per heavy atom. The van der Waals surface area contributed by atoms with Gasteiger partial charge in [0.05, 0.1) is 4.92 Å². The number of nitro groups is 1. The summed E-state index contributed by atoms with van der Waals surface area (Å²) in [5.41, 5.74) is 1.92. The van der Waals surface area contributed by atoms with Crippen molar-refractivity contribution in [2.45, 2.75) is 13.8 Å². The molecule has 24 heavy (non-hydrogen) atoms. The molecule has 0 aliphatic heterocycles. The van der Waals surface area contributed by atoms with E-state index < -0.39 is 23.4 Å². The minimum Gasteiger partial charge on any atom is -0.452 e. The molecule has 0 aliphatic carbocycles. The lowest BCUT2D eigenvalue weighted by molar-refractivity contribution is -0.385. The molecule has 2 aromatic rings. The highest BCUT2D eigenvalue weighted by Gasteiger charge is 2.21. The van der Waals surface area contributed by atoms with E-state index in [2.05, 4.69) is 5.32 Å². The van der Waals surface area contributed by atoms with E-state index in [1.165, 1.54) is 24.3 Å². The summed E-state index contributed by atoms with van der Waals surface area (Å²) in [5, 5.41) is 13.5. The van der Waals surface area contributed by atoms with Crippen molar-refractivity contribution in [1.82, 2.24) is 0 Å². The number of nitrogens with one attached hydrogen (secondary N) is 1. The molecule has 0 unspecified atom stereocenters. The molecule has 0 radical (unpaired) electrons. The number of anilines is 1. The van der Waals surface area contributed by atoms with Gasteiger partial charge in [-0.3, -0.25) is 14.9 Å². The Balaban J connectivity index is 2.00. The van der Waals surface area contributed by atoms with Crippen LogP contribution in [0.15, 0.2) is 42.5 Å². The number of carbonyl (C=O) groups excluding carboxylic acids is 2. The second-order valence-corrected chi connectivity index (χ2v) is 5.22. The van der Waals surface area contributed by atoms with Gasteiger partial charge < -0.3 is 10.1 Å². The van der Waals surface area contributed by atoms with Crippen LogP contribution in [0.4, 0.5) is 11.4 Å². The summed E-state index contributed by atoms with van der Waals surface area (Å²) in [4.78, 5) is 34.1. The van der Waals surface area contributed by atoms with Crippen molar-refractivity contribution in [2.24, 2.45) is 0 Å². The second kappa shape index (κ2) is 7.36. The zero-order valence-corrected chi connectivity index (χ0v) is 13.2. The van der Waals surface area contributed by atoms with Crippen LogP contribution in [0.1, 0.15) is 21.5 Å². The predicted octanol–water partition coefficient (Wildman–Crippen LogP) is 3.01. The number of hydrogen-bond donors (Lipinski definition) is 1. The third-order valence-corrected chi connectivity index (χ3v) is 3.32. The van der Waals surface area contributed by atoms with E-state index in [0.29, 0.717) is 5.69 Å². The summed E-state index contributed by atoms with van der Waals surface area (Å²) in [6, 6.07) is 11.0. The average Bonchev–Trinajstić information content (AvgIpc) is 2.56. The van der Waals surface area contributed by atoms with E-state index in [9.17, 15) is 19.7 Å². The number of amides is 1. The van der Waals surface area contributed by atoms with E-state index >= 15 is 0 Å². The van der Waals surface area contributed by atoms with Crippen LogP contribution in [0.2, 0.25) is 0 Å². The Morgan fingerprint density at radius 3 is 2.58 bits per heavy atom. The van der Waals surface area contributed by atoms with Gasteiger partial charge in [0.2, 0.25) is 0 Å². The maximum absolute atomic E-state index is 11.9. The van der Waals surface area contributed by atoms with E-state index in [0.717, 1.165) is 11.1 Å². The number of para-hydroxylation sites is 1. The normalized spacial score (nSPS) is 10.1. The summed E-state index contributed by atoms with van der Waals surface area (Å²) < 4.78 is 4.87. The Kier molecular flexibility index (Phi) is 5.26. The maximum atomic E-state index is 11.9. The molecule has 0 saturated heterocycles. The standard InChI is InChI=1S/C17H16N2O5/c1-11-7-8-12(2)14(9-11)18-16(20)10-24-17(21)13-5-3-4-6-15(13)19(22)23/h3-9H,10H2,1-2H3,(H,18,20). The van der Waals surface area contributed by atoms with Crippen molar-refractivity contribution in [3.63, 3.8) is 0 Å². The third kappa shape index (κ3) is 4.16. The lowest BCUT2D eigenvalue weighted by Crippen LogP contribution is -2.21. The molecule has 0 aromatic heterocycles. The van der Waals surface area contributed by atoms with Crippen LogP contribution in [0.5, 0.6) is 0 Å². The van der Waals surface area contributed by atoms with Crippen LogP contribution >= 0.6 is 0 Å². The number of ether oxygens (including phenoxy) is 1. The van der Waals surface area contributed by atoms with Crippen molar-refractivity contribution in [3.05, 3.63) is 69.3 Å². The molecule has 0 aliphatic rings. The van der Waals surface area contributed by atoms with E-state index in [1.54, 1.807) is 6.07 Å². The van der Waals surface area contributed by atoms with Gasteiger partial charge in [0.1, 0.15) is 5.56 Å². The van der Waals surface area contributed by atoms with Gasteiger partial charge in [0, 0.05) is 11.8 Å². The summed E-state index contributed by atoms with van der Waals surface area (Å²) >= 11 is 0. The van der Waals surface area contributed by atoms with Crippen LogP contribution in [0.25, 0.3) is 0 Å². The SMILES string of the molecule is Cc1ccc(C)c(NC(=O)COC(=O)c2ccccc2[N+](=O)[O-])c1. The predicted molar refractivity (Wildman–Crippen MR) is 87.9 cm³/mol. The fourth-order valence-corrected chi connectivity index (χ4v) is 2.07. The van der Waals surface area contributed by atoms with E-state index in [1.807, 2.05) is 26.0 Å². The highest BCUT2D eigenvalue weighted by molar-refractivity contribution is 5.97. The fraction of sp³-hybridized carbons (Fsp3) is 0.176. The minimum atomic E-state index is -0.918. The molecule has 7 nitrogen and oxygen atoms in total. The van der Waals surface area contributed by atoms with Crippen molar-refractivity contribution >= 4 is 23.3 Å². The van der Waals surface area contributed by atoms with Crippen LogP contribution < -0.4 is 5.32 Å². The molecule has 124 valence electrons. The summed E-state index contributed by atoms with van der Waals surface area (Å²) in [5.74, 6) is -1.44. The molecule has 0 fully saturated rings. The third-order valence-electron chi connectivity index (χ3n) is 3.32. The lowest BCUT2D eigenvalue weighted by Gasteiger charge is -2.10. The molecule has 2 rings (SSSR count). The van der Waals surface area contributed by atoms with Crippen LogP contribution in [0, 0.1) is 24.0 Å². The lowest BCUT2D eigenvalue weighted by atomic mass is 10.1. The Labute approximate surface area is 138 Å². The monoisotopic (exact) mass is 328 g/mol. The van der Waals surface area contributed by atoms with E-state index in [-0.39, 0.29) is 11.3 Å². The second-order valence-electron chi connectivity index (χ2n) is 5.22. The van der Waals surface area contributed by atoms with Gasteiger partial charge in [-0.05, 0) is 37.1 Å². The molecule has 0 atom stereocenters. The molecular formula is C17H16N2O5. The van der Waals surface area contributed by atoms with Crippen LogP contribution in [0.3, 0.4) is 0 Å². The molecule has 2 aromatic carbocycles. The van der Waals surface area contributed by atoms with Crippen molar-refractivity contribution < 1.29 is 19.2 Å². The molecule has 0 heterocycles. The first-order chi connectivity index (χ1) is 11.4. The van der Waals surface area contributed by atoms with Gasteiger partial charge in [0.15, 0.2) is 6.61 Å². The highest BCUT2D eigenvalue weighted by Crippen LogP contribution is 2.19. The number of benzene rings is 2. The van der Waals surface area contributed by atoms with Crippen molar-refractivity contribution in [3.8, 4) is 0 Å². The van der Waals surface area contributed by atoms with Gasteiger partial charge in [-0.2, -0.15) is 0 Å². The number of esters is 1. The highest BCUT2D eigenvalue weighted by atomic mass is 16.6. The first-order valence-electron chi connectivity index (χ1n) is 7.16. The van der Waals surface area contributed by atoms with Crippen molar-refractivity contribution in [1.29, 1.82) is 0 Å². The molecule has 0 bridgehead atoms. The van der Waals surface area contributed by atoms with Gasteiger partial charge in [0.25, 0.3) is 11.6 Å². The zero-order valence-electron chi connectivity index (χ0n) is 13.2. The number of hydrogen-bond acceptors (Lipinski definition) is 5. The molecule has 7 heteroatoms. The number of nitro benzene ring substituents is 1. The summed E-state index contributed by atoms with van der Waals surface area (Å²) in [6.45, 7) is 3.20. The van der Waals surface area contributed by atoms with E-state index in [4.69, 9.17) is 4.74 Å². The fourth-order valence-electron chi connectivity index (χ4n) is 2.07. The first kappa shape index (κ1) is 17.1. The summed E-state index contributed by atoms with van der Waals surface area (Å²) in [7, 11) is 0. The smallest absolute Gasteiger partial charge is 0.345 e. The summed E-state index contributed by atoms with van der Waals surface area (Å²) in [6.07, 6.45) is 0. The van der Waals surface area contributed by atoms with Gasteiger partial charge >= 0.3 is 5.97 Å². The van der Waals surface area contributed by atoms with Crippen LogP contribution in [-0.4, -0.2) is 23.4 Å². The average molecular weight is 328 g/mol. The van der Waals surface area contributed by atoms with Crippen LogP contribution in [-0.2, 0) is 9.53 Å². The Morgan fingerprint density at radius 1 is 1.17 bits per heavy atom.